The molecule has 3 heteroatoms. The highest BCUT2D eigenvalue weighted by molar-refractivity contribution is 5.18. The van der Waals surface area contributed by atoms with Gasteiger partial charge in [0.05, 0.1) is 6.10 Å². The molecule has 0 spiro atoms. The van der Waals surface area contributed by atoms with E-state index in [2.05, 4.69) is 30.2 Å². The third-order valence-corrected chi connectivity index (χ3v) is 2.99. The van der Waals surface area contributed by atoms with Crippen LogP contribution in [0.1, 0.15) is 45.1 Å². The minimum Gasteiger partial charge on any atom is -0.475 e. The van der Waals surface area contributed by atoms with Crippen LogP contribution in [0.25, 0.3) is 0 Å². The molecule has 1 unspecified atom stereocenters. The van der Waals surface area contributed by atoms with E-state index in [1.165, 1.54) is 18.4 Å². The summed E-state index contributed by atoms with van der Waals surface area (Å²) >= 11 is 0. The molecule has 1 N–H and O–H groups in total. The summed E-state index contributed by atoms with van der Waals surface area (Å²) in [5, 5.41) is 3.47. The molecular formula is C14H22N2O. The van der Waals surface area contributed by atoms with Crippen LogP contribution in [-0.2, 0) is 6.54 Å². The van der Waals surface area contributed by atoms with E-state index in [0.29, 0.717) is 0 Å². The summed E-state index contributed by atoms with van der Waals surface area (Å²) in [5.41, 5.74) is 1.23. The van der Waals surface area contributed by atoms with Gasteiger partial charge < -0.3 is 10.1 Å². The lowest BCUT2D eigenvalue weighted by Crippen LogP contribution is -2.15. The number of aromatic nitrogens is 1. The molecule has 0 radical (unpaired) electrons. The number of nitrogens with one attached hydrogen (secondary N) is 1. The number of pyridine rings is 1. The summed E-state index contributed by atoms with van der Waals surface area (Å²) in [6.07, 6.45) is 7.02. The van der Waals surface area contributed by atoms with Gasteiger partial charge in [0.1, 0.15) is 0 Å². The Hall–Kier alpha value is -1.09. The van der Waals surface area contributed by atoms with Gasteiger partial charge in [-0.25, -0.2) is 4.98 Å². The van der Waals surface area contributed by atoms with Gasteiger partial charge in [0.2, 0.25) is 5.88 Å². The summed E-state index contributed by atoms with van der Waals surface area (Å²) in [4.78, 5) is 4.34. The fourth-order valence-electron chi connectivity index (χ4n) is 1.81. The van der Waals surface area contributed by atoms with Crippen molar-refractivity contribution in [2.45, 2.75) is 58.2 Å². The molecule has 3 nitrogen and oxygen atoms in total. The minimum absolute atomic E-state index is 0.253. The van der Waals surface area contributed by atoms with Crippen LogP contribution in [0.3, 0.4) is 0 Å². The fourth-order valence-corrected chi connectivity index (χ4v) is 1.81. The molecule has 0 bridgehead atoms. The standard InChI is InChI=1S/C14H22N2O/c1-3-4-11(2)17-14-8-5-12(10-16-14)9-15-13-6-7-13/h5,8,10-11,13,15H,3-4,6-7,9H2,1-2H3. The second-order valence-electron chi connectivity index (χ2n) is 4.88. The van der Waals surface area contributed by atoms with Crippen molar-refractivity contribution in [3.63, 3.8) is 0 Å². The predicted octanol–water partition coefficient (Wildman–Crippen LogP) is 2.90. The Morgan fingerprint density at radius 3 is 2.88 bits per heavy atom. The van der Waals surface area contributed by atoms with Gasteiger partial charge in [-0.2, -0.15) is 0 Å². The van der Waals surface area contributed by atoms with E-state index in [4.69, 9.17) is 4.74 Å². The lowest BCUT2D eigenvalue weighted by molar-refractivity contribution is 0.201. The smallest absolute Gasteiger partial charge is 0.213 e. The van der Waals surface area contributed by atoms with Crippen LogP contribution in [0.15, 0.2) is 18.3 Å². The predicted molar refractivity (Wildman–Crippen MR) is 69.1 cm³/mol. The highest BCUT2D eigenvalue weighted by Gasteiger charge is 2.19. The molecule has 1 aromatic rings. The molecule has 1 fully saturated rings. The zero-order valence-corrected chi connectivity index (χ0v) is 10.8. The van der Waals surface area contributed by atoms with Crippen molar-refractivity contribution in [1.29, 1.82) is 0 Å². The van der Waals surface area contributed by atoms with Crippen molar-refractivity contribution in [3.05, 3.63) is 23.9 Å². The molecule has 0 saturated heterocycles. The third-order valence-electron chi connectivity index (χ3n) is 2.99. The topological polar surface area (TPSA) is 34.1 Å². The Bertz CT molecular complexity index is 333. The van der Waals surface area contributed by atoms with Gasteiger partial charge >= 0.3 is 0 Å². The number of rotatable bonds is 7. The zero-order valence-electron chi connectivity index (χ0n) is 10.8. The van der Waals surface area contributed by atoms with Gasteiger partial charge in [0.25, 0.3) is 0 Å². The van der Waals surface area contributed by atoms with Crippen molar-refractivity contribution in [3.8, 4) is 5.88 Å². The highest BCUT2D eigenvalue weighted by atomic mass is 16.5. The first-order valence-electron chi connectivity index (χ1n) is 6.63. The lowest BCUT2D eigenvalue weighted by atomic mass is 10.2. The second kappa shape index (κ2) is 6.01. The first-order chi connectivity index (χ1) is 8.28. The van der Waals surface area contributed by atoms with Crippen LogP contribution in [0, 0.1) is 0 Å². The molecule has 1 aromatic heterocycles. The molecule has 0 aromatic carbocycles. The molecule has 1 saturated carbocycles. The molecular weight excluding hydrogens is 212 g/mol. The van der Waals surface area contributed by atoms with Crippen LogP contribution >= 0.6 is 0 Å². The Kier molecular flexibility index (Phi) is 4.37. The quantitative estimate of drug-likeness (QED) is 0.787. The van der Waals surface area contributed by atoms with E-state index in [1.807, 2.05) is 12.3 Å². The Morgan fingerprint density at radius 1 is 1.47 bits per heavy atom. The number of hydrogen-bond donors (Lipinski definition) is 1. The van der Waals surface area contributed by atoms with Crippen LogP contribution in [0.2, 0.25) is 0 Å². The molecule has 1 heterocycles. The molecule has 94 valence electrons. The maximum atomic E-state index is 5.72. The van der Waals surface area contributed by atoms with Crippen molar-refractivity contribution < 1.29 is 4.74 Å². The van der Waals surface area contributed by atoms with Crippen LogP contribution < -0.4 is 10.1 Å². The summed E-state index contributed by atoms with van der Waals surface area (Å²) in [7, 11) is 0. The first-order valence-corrected chi connectivity index (χ1v) is 6.63. The SMILES string of the molecule is CCCC(C)Oc1ccc(CNC2CC2)cn1. The van der Waals surface area contributed by atoms with E-state index >= 15 is 0 Å². The summed E-state index contributed by atoms with van der Waals surface area (Å²) < 4.78 is 5.72. The Morgan fingerprint density at radius 2 is 2.29 bits per heavy atom. The minimum atomic E-state index is 0.253. The number of nitrogens with zero attached hydrogens (tertiary/aromatic N) is 1. The maximum Gasteiger partial charge on any atom is 0.213 e. The number of hydrogen-bond acceptors (Lipinski definition) is 3. The third kappa shape index (κ3) is 4.35. The fraction of sp³-hybridized carbons (Fsp3) is 0.643. The molecule has 1 atom stereocenters. The Labute approximate surface area is 104 Å². The van der Waals surface area contributed by atoms with Gasteiger partial charge in [0, 0.05) is 24.8 Å². The van der Waals surface area contributed by atoms with Crippen molar-refractivity contribution in [1.82, 2.24) is 10.3 Å². The highest BCUT2D eigenvalue weighted by Crippen LogP contribution is 2.19. The monoisotopic (exact) mass is 234 g/mol. The van der Waals surface area contributed by atoms with E-state index < -0.39 is 0 Å². The largest absolute Gasteiger partial charge is 0.475 e. The average molecular weight is 234 g/mol. The summed E-state index contributed by atoms with van der Waals surface area (Å²) in [5.74, 6) is 0.737. The summed E-state index contributed by atoms with van der Waals surface area (Å²) in [6.45, 7) is 5.18. The van der Waals surface area contributed by atoms with E-state index in [0.717, 1.165) is 31.3 Å². The zero-order chi connectivity index (χ0) is 12.1. The van der Waals surface area contributed by atoms with Gasteiger partial charge in [-0.15, -0.1) is 0 Å². The van der Waals surface area contributed by atoms with Gasteiger partial charge in [-0.05, 0) is 31.7 Å². The molecule has 0 aliphatic heterocycles. The number of ether oxygens (including phenoxy) is 1. The van der Waals surface area contributed by atoms with Gasteiger partial charge in [-0.3, -0.25) is 0 Å². The molecule has 1 aliphatic carbocycles. The molecule has 2 rings (SSSR count). The summed E-state index contributed by atoms with van der Waals surface area (Å²) in [6, 6.07) is 4.81. The molecule has 1 aliphatic rings. The van der Waals surface area contributed by atoms with Crippen LogP contribution in [0.4, 0.5) is 0 Å². The van der Waals surface area contributed by atoms with E-state index in [1.54, 1.807) is 0 Å². The average Bonchev–Trinajstić information content (AvgIpc) is 3.12. The second-order valence-corrected chi connectivity index (χ2v) is 4.88. The van der Waals surface area contributed by atoms with Gasteiger partial charge in [-0.1, -0.05) is 19.4 Å². The molecule has 17 heavy (non-hydrogen) atoms. The maximum absolute atomic E-state index is 5.72. The first kappa shape index (κ1) is 12.4. The van der Waals surface area contributed by atoms with Crippen LogP contribution in [-0.4, -0.2) is 17.1 Å². The van der Waals surface area contributed by atoms with Crippen molar-refractivity contribution in [2.75, 3.05) is 0 Å². The van der Waals surface area contributed by atoms with E-state index in [-0.39, 0.29) is 6.10 Å². The van der Waals surface area contributed by atoms with Crippen molar-refractivity contribution in [2.24, 2.45) is 0 Å². The van der Waals surface area contributed by atoms with Gasteiger partial charge in [0.15, 0.2) is 0 Å². The van der Waals surface area contributed by atoms with Crippen molar-refractivity contribution >= 4 is 0 Å². The Balaban J connectivity index is 1.79. The normalized spacial score (nSPS) is 16.8. The van der Waals surface area contributed by atoms with Crippen LogP contribution in [0.5, 0.6) is 5.88 Å². The van der Waals surface area contributed by atoms with E-state index in [9.17, 15) is 0 Å². The lowest BCUT2D eigenvalue weighted by Gasteiger charge is -2.12. The molecule has 0 amide bonds.